The SMILES string of the molecule is CC(C)C(=O)Nc1nc2c(ncn2[C@@H]2O[C@H](C)[C@@H](F)[C@H]2OP(=S)(OCCC#N)OC[C@H]2C[C@@H](Nc3ccncn3)[C@H](F)[C@@H]2O[P+](=O)O)c(=O)[nH]1. The molecule has 2 aliphatic rings. The Balaban J connectivity index is 1.40. The van der Waals surface area contributed by atoms with Crippen molar-refractivity contribution in [3.05, 3.63) is 35.3 Å². The number of carbonyl (C=O) groups excluding carboxylic acids is 1. The Hall–Kier alpha value is -3.44. The van der Waals surface area contributed by atoms with Gasteiger partial charge in [-0.15, -0.1) is 9.42 Å². The lowest BCUT2D eigenvalue weighted by Crippen LogP contribution is -2.33. The highest BCUT2D eigenvalue weighted by Gasteiger charge is 2.52. The Morgan fingerprint density at radius 1 is 1.32 bits per heavy atom. The van der Waals surface area contributed by atoms with Crippen molar-refractivity contribution in [3.8, 4) is 6.07 Å². The highest BCUT2D eigenvalue weighted by molar-refractivity contribution is 8.07. The molecule has 2 fully saturated rings. The number of nitrogens with zero attached hydrogens (tertiary/aromatic N) is 6. The Morgan fingerprint density at radius 3 is 2.78 bits per heavy atom. The van der Waals surface area contributed by atoms with E-state index in [1.165, 1.54) is 36.4 Å². The van der Waals surface area contributed by atoms with E-state index in [1.54, 1.807) is 13.8 Å². The average molecular weight is 761 g/mol. The molecule has 1 saturated heterocycles. The van der Waals surface area contributed by atoms with Crippen LogP contribution in [0.5, 0.6) is 0 Å². The van der Waals surface area contributed by atoms with Gasteiger partial charge in [0.25, 0.3) is 5.56 Å². The summed E-state index contributed by atoms with van der Waals surface area (Å²) in [6, 6.07) is 2.50. The second-order valence-corrected chi connectivity index (χ2v) is 15.4. The summed E-state index contributed by atoms with van der Waals surface area (Å²) >= 11 is 5.66. The predicted molar refractivity (Wildman–Crippen MR) is 175 cm³/mol. The number of nitrogens with one attached hydrogen (secondary N) is 3. The zero-order chi connectivity index (χ0) is 36.2. The Morgan fingerprint density at radius 2 is 2.10 bits per heavy atom. The van der Waals surface area contributed by atoms with E-state index in [4.69, 9.17) is 39.9 Å². The van der Waals surface area contributed by atoms with E-state index in [9.17, 15) is 19.0 Å². The van der Waals surface area contributed by atoms with Crippen molar-refractivity contribution >= 4 is 55.6 Å². The summed E-state index contributed by atoms with van der Waals surface area (Å²) in [4.78, 5) is 53.2. The molecule has 10 atom stereocenters. The molecule has 1 aliphatic heterocycles. The number of hydrogen-bond acceptors (Lipinski definition) is 15. The van der Waals surface area contributed by atoms with Crippen LogP contribution in [0.25, 0.3) is 11.2 Å². The molecule has 4 N–H and O–H groups in total. The van der Waals surface area contributed by atoms with Crippen LogP contribution in [0.2, 0.25) is 0 Å². The van der Waals surface area contributed by atoms with Crippen LogP contribution in [0.1, 0.15) is 39.8 Å². The molecule has 0 spiro atoms. The number of nitriles is 1. The smallest absolute Gasteiger partial charge is 0.364 e. The number of aromatic nitrogens is 6. The van der Waals surface area contributed by atoms with Crippen molar-refractivity contribution in [1.82, 2.24) is 29.5 Å². The summed E-state index contributed by atoms with van der Waals surface area (Å²) in [5.41, 5.74) is -0.878. The molecule has 0 radical (unpaired) electrons. The lowest BCUT2D eigenvalue weighted by atomic mass is 10.1. The minimum Gasteiger partial charge on any atom is -0.364 e. The van der Waals surface area contributed by atoms with Gasteiger partial charge in [-0.2, -0.15) is 10.2 Å². The van der Waals surface area contributed by atoms with E-state index in [0.717, 1.165) is 0 Å². The normalized spacial score (nSPS) is 28.0. The number of ether oxygens (including phenoxy) is 1. The van der Waals surface area contributed by atoms with Gasteiger partial charge in [0.2, 0.25) is 11.9 Å². The van der Waals surface area contributed by atoms with Gasteiger partial charge < -0.3 is 19.1 Å². The number of H-pyrrole nitrogens is 1. The zero-order valence-corrected chi connectivity index (χ0v) is 29.4. The first kappa shape index (κ1) is 37.8. The number of halogens is 2. The van der Waals surface area contributed by atoms with Crippen molar-refractivity contribution in [2.75, 3.05) is 23.8 Å². The fourth-order valence-corrected chi connectivity index (χ4v) is 8.00. The molecule has 0 aromatic carbocycles. The molecule has 3 aromatic heterocycles. The van der Waals surface area contributed by atoms with E-state index < -0.39 is 87.8 Å². The standard InChI is InChI=1S/C27H33F2N9O9P2S/c1-13(2)24(39)36-27-35-23-20(25(40)37-27)33-12-38(23)26-22(18(28)14(3)45-26)47-49(50,43-8-4-6-30)44-10-15-9-16(19(29)21(15)46-48(41)42)34-17-5-7-31-11-32-17/h5,7,11-16,18-19,21-22,26H,4,8-10H2,1-3H3,(H3-,31,32,34,35,36,37,39,40,41,42)/p+1/t14-,15-,16-,18-,19+,21-,22-,26-,49?/m1/s1. The highest BCUT2D eigenvalue weighted by atomic mass is 32.5. The van der Waals surface area contributed by atoms with Gasteiger partial charge in [-0.05, 0) is 31.2 Å². The van der Waals surface area contributed by atoms with E-state index in [-0.39, 0.29) is 36.6 Å². The number of amides is 1. The minimum absolute atomic E-state index is 0.0292. The summed E-state index contributed by atoms with van der Waals surface area (Å²) < 4.78 is 72.9. The molecule has 1 saturated carbocycles. The Kier molecular flexibility index (Phi) is 12.3. The van der Waals surface area contributed by atoms with Crippen LogP contribution in [0.15, 0.2) is 29.7 Å². The second-order valence-electron chi connectivity index (χ2n) is 11.7. The van der Waals surface area contributed by atoms with Gasteiger partial charge in [0.1, 0.15) is 18.2 Å². The third-order valence-electron chi connectivity index (χ3n) is 7.88. The number of fused-ring (bicyclic) bond motifs is 1. The van der Waals surface area contributed by atoms with Crippen molar-refractivity contribution in [2.45, 2.75) is 76.5 Å². The van der Waals surface area contributed by atoms with Crippen LogP contribution in [-0.2, 0) is 44.0 Å². The molecule has 1 aliphatic carbocycles. The van der Waals surface area contributed by atoms with Crippen LogP contribution in [-0.4, -0.2) is 90.2 Å². The number of hydrogen-bond donors (Lipinski definition) is 4. The minimum atomic E-state index is -4.00. The van der Waals surface area contributed by atoms with Gasteiger partial charge in [-0.3, -0.25) is 29.0 Å². The molecule has 1 amide bonds. The predicted octanol–water partition coefficient (Wildman–Crippen LogP) is 3.19. The van der Waals surface area contributed by atoms with Gasteiger partial charge in [0.05, 0.1) is 44.2 Å². The van der Waals surface area contributed by atoms with Gasteiger partial charge in [0.15, 0.2) is 35.8 Å². The van der Waals surface area contributed by atoms with Crippen LogP contribution >= 0.6 is 15.0 Å². The Bertz CT molecular complexity index is 1840. The largest absolute Gasteiger partial charge is 0.695 e. The van der Waals surface area contributed by atoms with Crippen molar-refractivity contribution < 1.29 is 45.9 Å². The van der Waals surface area contributed by atoms with E-state index in [0.29, 0.717) is 5.82 Å². The molecule has 50 heavy (non-hydrogen) atoms. The van der Waals surface area contributed by atoms with Crippen LogP contribution in [0.4, 0.5) is 20.5 Å². The topological polar surface area (TPSA) is 238 Å². The maximum Gasteiger partial charge on any atom is 0.695 e. The summed E-state index contributed by atoms with van der Waals surface area (Å²) in [5.74, 6) is -1.58. The van der Waals surface area contributed by atoms with Crippen molar-refractivity contribution in [1.29, 1.82) is 5.26 Å². The van der Waals surface area contributed by atoms with E-state index in [1.807, 2.05) is 6.07 Å². The number of carbonyl (C=O) groups is 1. The maximum atomic E-state index is 15.8. The molecular weight excluding hydrogens is 726 g/mol. The van der Waals surface area contributed by atoms with Gasteiger partial charge in [-0.1, -0.05) is 13.8 Å². The average Bonchev–Trinajstić information content (AvgIpc) is 3.70. The number of rotatable bonds is 15. The molecular formula is C27H34F2N9O9P2S+. The molecule has 5 rings (SSSR count). The monoisotopic (exact) mass is 760 g/mol. The van der Waals surface area contributed by atoms with Gasteiger partial charge in [-0.25, -0.2) is 23.7 Å². The fraction of sp³-hybridized carbons (Fsp3) is 0.593. The summed E-state index contributed by atoms with van der Waals surface area (Å²) in [6.07, 6.45) is -5.16. The first-order valence-corrected chi connectivity index (χ1v) is 19.0. The van der Waals surface area contributed by atoms with E-state index in [2.05, 4.69) is 35.6 Å². The van der Waals surface area contributed by atoms with Crippen molar-refractivity contribution in [3.63, 3.8) is 0 Å². The first-order valence-electron chi connectivity index (χ1n) is 15.3. The lowest BCUT2D eigenvalue weighted by molar-refractivity contribution is -0.118. The molecule has 18 nitrogen and oxygen atoms in total. The summed E-state index contributed by atoms with van der Waals surface area (Å²) in [7, 11) is -3.21. The molecule has 0 bridgehead atoms. The lowest BCUT2D eigenvalue weighted by Gasteiger charge is -2.29. The zero-order valence-electron chi connectivity index (χ0n) is 26.8. The fourth-order valence-electron chi connectivity index (χ4n) is 5.40. The maximum absolute atomic E-state index is 15.8. The van der Waals surface area contributed by atoms with Crippen LogP contribution in [0.3, 0.4) is 0 Å². The van der Waals surface area contributed by atoms with Gasteiger partial charge >= 0.3 is 15.0 Å². The number of aromatic amines is 1. The van der Waals surface area contributed by atoms with Crippen LogP contribution in [0, 0.1) is 23.2 Å². The first-order chi connectivity index (χ1) is 23.8. The number of imidazole rings is 1. The van der Waals surface area contributed by atoms with Crippen LogP contribution < -0.4 is 16.2 Å². The molecule has 2 unspecified atom stereocenters. The van der Waals surface area contributed by atoms with Gasteiger partial charge in [0, 0.05) is 22.6 Å². The molecule has 23 heteroatoms. The summed E-state index contributed by atoms with van der Waals surface area (Å²) in [5, 5.41) is 14.5. The summed E-state index contributed by atoms with van der Waals surface area (Å²) in [6.45, 7) is 0.0692. The molecule has 3 aromatic rings. The molecule has 270 valence electrons. The Labute approximate surface area is 289 Å². The van der Waals surface area contributed by atoms with Crippen molar-refractivity contribution in [2.24, 2.45) is 11.8 Å². The third kappa shape index (κ3) is 8.70. The second kappa shape index (κ2) is 16.3. The van der Waals surface area contributed by atoms with E-state index >= 15 is 8.78 Å². The number of anilines is 2. The number of alkyl halides is 2. The quantitative estimate of drug-likeness (QED) is 0.129. The molecule has 4 heterocycles. The highest BCUT2D eigenvalue weighted by Crippen LogP contribution is 2.55. The third-order valence-corrected chi connectivity index (χ3v) is 10.7.